The molecule has 0 atom stereocenters. The lowest BCUT2D eigenvalue weighted by molar-refractivity contribution is 1.31. The zero-order chi connectivity index (χ0) is 7.68. The standard InChI is InChI=1S/C9H7NO.H2/c11-9-6-5-7-3-1-2-4-8(7)10-9;/h1-6H,(H,10,11);1H. The van der Waals surface area contributed by atoms with E-state index in [2.05, 4.69) is 4.98 Å². The second kappa shape index (κ2) is 2.23. The number of rotatable bonds is 0. The summed E-state index contributed by atoms with van der Waals surface area (Å²) in [7, 11) is 0. The summed E-state index contributed by atoms with van der Waals surface area (Å²) in [6.07, 6.45) is 0. The zero-order valence-electron chi connectivity index (χ0n) is 5.87. The summed E-state index contributed by atoms with van der Waals surface area (Å²) in [5, 5.41) is 1.06. The molecular formula is C9H9NO. The monoisotopic (exact) mass is 147 g/mol. The van der Waals surface area contributed by atoms with E-state index < -0.39 is 0 Å². The van der Waals surface area contributed by atoms with Crippen LogP contribution >= 0.6 is 0 Å². The van der Waals surface area contributed by atoms with Crippen molar-refractivity contribution in [2.24, 2.45) is 0 Å². The summed E-state index contributed by atoms with van der Waals surface area (Å²) in [4.78, 5) is 13.6. The van der Waals surface area contributed by atoms with Gasteiger partial charge in [0.25, 0.3) is 0 Å². The first-order valence-corrected chi connectivity index (χ1v) is 3.44. The van der Waals surface area contributed by atoms with Crippen LogP contribution in [0, 0.1) is 0 Å². The number of hydrogen-bond acceptors (Lipinski definition) is 1. The van der Waals surface area contributed by atoms with Crippen molar-refractivity contribution in [1.82, 2.24) is 4.98 Å². The lowest BCUT2D eigenvalue weighted by atomic mass is 10.2. The molecule has 0 bridgehead atoms. The molecular weight excluding hydrogens is 138 g/mol. The summed E-state index contributed by atoms with van der Waals surface area (Å²) >= 11 is 0. The quantitative estimate of drug-likeness (QED) is 0.605. The van der Waals surface area contributed by atoms with Gasteiger partial charge in [-0.1, -0.05) is 18.2 Å². The first-order valence-electron chi connectivity index (χ1n) is 3.44. The lowest BCUT2D eigenvalue weighted by Crippen LogP contribution is -2.01. The molecule has 11 heavy (non-hydrogen) atoms. The van der Waals surface area contributed by atoms with Gasteiger partial charge in [0.2, 0.25) is 5.56 Å². The van der Waals surface area contributed by atoms with E-state index >= 15 is 0 Å². The van der Waals surface area contributed by atoms with Crippen LogP contribution in [0.4, 0.5) is 0 Å². The van der Waals surface area contributed by atoms with Crippen LogP contribution in [0.5, 0.6) is 0 Å². The molecule has 2 nitrogen and oxygen atoms in total. The van der Waals surface area contributed by atoms with Crippen LogP contribution in [0.2, 0.25) is 0 Å². The van der Waals surface area contributed by atoms with Gasteiger partial charge in [0.1, 0.15) is 0 Å². The van der Waals surface area contributed by atoms with E-state index in [4.69, 9.17) is 0 Å². The van der Waals surface area contributed by atoms with Crippen LogP contribution in [0.1, 0.15) is 1.43 Å². The number of hydrogen-bond donors (Lipinski definition) is 1. The maximum Gasteiger partial charge on any atom is 0.248 e. The van der Waals surface area contributed by atoms with Crippen molar-refractivity contribution in [2.75, 3.05) is 0 Å². The van der Waals surface area contributed by atoms with Crippen LogP contribution in [0.3, 0.4) is 0 Å². The second-order valence-corrected chi connectivity index (χ2v) is 2.41. The summed E-state index contributed by atoms with van der Waals surface area (Å²) in [6, 6.07) is 11.0. The van der Waals surface area contributed by atoms with Gasteiger partial charge in [-0.2, -0.15) is 0 Å². The van der Waals surface area contributed by atoms with Crippen LogP contribution in [-0.4, -0.2) is 4.98 Å². The van der Waals surface area contributed by atoms with Crippen LogP contribution in [-0.2, 0) is 0 Å². The van der Waals surface area contributed by atoms with Crippen LogP contribution < -0.4 is 5.56 Å². The summed E-state index contributed by atoms with van der Waals surface area (Å²) in [6.45, 7) is 0. The van der Waals surface area contributed by atoms with Gasteiger partial charge in [0.15, 0.2) is 0 Å². The van der Waals surface area contributed by atoms with Gasteiger partial charge in [-0.05, 0) is 17.5 Å². The van der Waals surface area contributed by atoms with Gasteiger partial charge in [-0.25, -0.2) is 0 Å². The highest BCUT2D eigenvalue weighted by Crippen LogP contribution is 2.06. The molecule has 0 saturated carbocycles. The van der Waals surface area contributed by atoms with Crippen molar-refractivity contribution in [3.8, 4) is 0 Å². The fourth-order valence-electron chi connectivity index (χ4n) is 1.10. The number of aromatic nitrogens is 1. The number of para-hydroxylation sites is 1. The molecule has 56 valence electrons. The average molecular weight is 147 g/mol. The number of benzene rings is 1. The third-order valence-electron chi connectivity index (χ3n) is 1.63. The van der Waals surface area contributed by atoms with Gasteiger partial charge < -0.3 is 4.98 Å². The molecule has 1 aromatic heterocycles. The smallest absolute Gasteiger partial charge is 0.248 e. The Bertz CT molecular complexity index is 435. The Morgan fingerprint density at radius 3 is 2.82 bits per heavy atom. The normalized spacial score (nSPS) is 10.2. The van der Waals surface area contributed by atoms with E-state index in [9.17, 15) is 4.79 Å². The highest BCUT2D eigenvalue weighted by molar-refractivity contribution is 5.77. The third kappa shape index (κ3) is 1.03. The Balaban J connectivity index is 0.000000720. The van der Waals surface area contributed by atoms with Gasteiger partial charge >= 0.3 is 0 Å². The predicted octanol–water partition coefficient (Wildman–Crippen LogP) is 1.77. The van der Waals surface area contributed by atoms with Crippen molar-refractivity contribution in [1.29, 1.82) is 0 Å². The van der Waals surface area contributed by atoms with E-state index in [1.807, 2.05) is 30.3 Å². The highest BCUT2D eigenvalue weighted by atomic mass is 16.1. The fraction of sp³-hybridized carbons (Fsp3) is 0. The molecule has 1 heterocycles. The molecule has 0 aliphatic heterocycles. The Morgan fingerprint density at radius 2 is 1.91 bits per heavy atom. The summed E-state index contributed by atoms with van der Waals surface area (Å²) in [5.41, 5.74) is 0.837. The third-order valence-corrected chi connectivity index (χ3v) is 1.63. The number of H-pyrrole nitrogens is 1. The Labute approximate surface area is 65.0 Å². The number of aromatic amines is 1. The van der Waals surface area contributed by atoms with Crippen LogP contribution in [0.25, 0.3) is 10.9 Å². The van der Waals surface area contributed by atoms with Crippen molar-refractivity contribution >= 4 is 10.9 Å². The Hall–Kier alpha value is -1.57. The second-order valence-electron chi connectivity index (χ2n) is 2.41. The van der Waals surface area contributed by atoms with E-state index in [1.54, 1.807) is 0 Å². The van der Waals surface area contributed by atoms with E-state index in [1.165, 1.54) is 6.07 Å². The molecule has 0 amide bonds. The molecule has 0 radical (unpaired) electrons. The fourth-order valence-corrected chi connectivity index (χ4v) is 1.10. The number of nitrogens with one attached hydrogen (secondary N) is 1. The molecule has 0 aliphatic rings. The van der Waals surface area contributed by atoms with Gasteiger partial charge in [-0.3, -0.25) is 4.79 Å². The Morgan fingerprint density at radius 1 is 1.09 bits per heavy atom. The molecule has 1 aromatic carbocycles. The van der Waals surface area contributed by atoms with Crippen molar-refractivity contribution in [3.05, 3.63) is 46.8 Å². The summed E-state index contributed by atoms with van der Waals surface area (Å²) < 4.78 is 0. The molecule has 0 saturated heterocycles. The first kappa shape index (κ1) is 6.16. The Kier molecular flexibility index (Phi) is 1.25. The predicted molar refractivity (Wildman–Crippen MR) is 46.7 cm³/mol. The molecule has 0 aliphatic carbocycles. The number of fused-ring (bicyclic) bond motifs is 1. The lowest BCUT2D eigenvalue weighted by Gasteiger charge is -1.93. The zero-order valence-corrected chi connectivity index (χ0v) is 5.87. The molecule has 0 fully saturated rings. The van der Waals surface area contributed by atoms with Crippen molar-refractivity contribution in [2.45, 2.75) is 0 Å². The molecule has 2 heteroatoms. The maximum atomic E-state index is 10.8. The molecule has 2 rings (SSSR count). The van der Waals surface area contributed by atoms with Crippen LogP contribution in [0.15, 0.2) is 41.2 Å². The molecule has 1 N–H and O–H groups in total. The van der Waals surface area contributed by atoms with Gasteiger partial charge in [0, 0.05) is 13.0 Å². The maximum absolute atomic E-state index is 10.8. The minimum atomic E-state index is -0.0521. The van der Waals surface area contributed by atoms with Gasteiger partial charge in [0.05, 0.1) is 0 Å². The highest BCUT2D eigenvalue weighted by Gasteiger charge is 1.89. The number of pyridine rings is 1. The van der Waals surface area contributed by atoms with Crippen molar-refractivity contribution in [3.63, 3.8) is 0 Å². The minimum Gasteiger partial charge on any atom is -0.322 e. The topological polar surface area (TPSA) is 32.9 Å². The summed E-state index contributed by atoms with van der Waals surface area (Å²) in [5.74, 6) is 0. The van der Waals surface area contributed by atoms with E-state index in [0.29, 0.717) is 0 Å². The van der Waals surface area contributed by atoms with E-state index in [0.717, 1.165) is 10.9 Å². The minimum absolute atomic E-state index is 0. The molecule has 0 spiro atoms. The largest absolute Gasteiger partial charge is 0.322 e. The SMILES string of the molecule is O=c1ccc2ccccc2[nH]1.[HH]. The average Bonchev–Trinajstić information content (AvgIpc) is 2.04. The molecule has 2 aromatic rings. The van der Waals surface area contributed by atoms with E-state index in [-0.39, 0.29) is 6.99 Å². The van der Waals surface area contributed by atoms with Gasteiger partial charge in [-0.15, -0.1) is 0 Å². The molecule has 0 unspecified atom stereocenters. The van der Waals surface area contributed by atoms with Crippen molar-refractivity contribution < 1.29 is 1.43 Å². The first-order chi connectivity index (χ1) is 5.36.